The molecule has 0 unspecified atom stereocenters. The molecule has 2 aromatic heterocycles. The van der Waals surface area contributed by atoms with Crippen molar-refractivity contribution in [1.29, 1.82) is 0 Å². The molecule has 4 aromatic rings. The van der Waals surface area contributed by atoms with Crippen LogP contribution in [-0.4, -0.2) is 32.8 Å². The lowest BCUT2D eigenvalue weighted by atomic mass is 10.2. The Morgan fingerprint density at radius 3 is 2.79 bits per heavy atom. The second-order valence-corrected chi connectivity index (χ2v) is 6.69. The fourth-order valence-corrected chi connectivity index (χ4v) is 3.18. The van der Waals surface area contributed by atoms with Gasteiger partial charge in [0.15, 0.2) is 0 Å². The lowest BCUT2D eigenvalue weighted by molar-refractivity contribution is 0.0777. The topological polar surface area (TPSA) is 64.8 Å². The van der Waals surface area contributed by atoms with E-state index in [-0.39, 0.29) is 5.91 Å². The predicted octanol–water partition coefficient (Wildman–Crippen LogP) is 4.08. The Labute approximate surface area is 146 Å². The average molecular weight is 383 g/mol. The van der Waals surface area contributed by atoms with E-state index < -0.39 is 0 Å². The monoisotopic (exact) mass is 382 g/mol. The highest BCUT2D eigenvalue weighted by Crippen LogP contribution is 2.21. The van der Waals surface area contributed by atoms with E-state index in [2.05, 4.69) is 30.9 Å². The quantitative estimate of drug-likeness (QED) is 0.560. The predicted molar refractivity (Wildman–Crippen MR) is 97.9 cm³/mol. The van der Waals surface area contributed by atoms with Crippen LogP contribution in [0.3, 0.4) is 0 Å². The third-order valence-electron chi connectivity index (χ3n) is 3.99. The van der Waals surface area contributed by atoms with Crippen molar-refractivity contribution >= 4 is 43.8 Å². The second kappa shape index (κ2) is 5.79. The molecule has 24 heavy (non-hydrogen) atoms. The van der Waals surface area contributed by atoms with Gasteiger partial charge in [-0.05, 0) is 36.4 Å². The summed E-state index contributed by atoms with van der Waals surface area (Å²) in [6.45, 7) is 0.423. The number of nitrogens with zero attached hydrogens (tertiary/aromatic N) is 2. The fourth-order valence-electron chi connectivity index (χ4n) is 2.80. The van der Waals surface area contributed by atoms with Crippen LogP contribution in [-0.2, 0) is 6.54 Å². The zero-order valence-electron chi connectivity index (χ0n) is 13.0. The van der Waals surface area contributed by atoms with Crippen molar-refractivity contribution < 1.29 is 4.79 Å². The molecule has 0 aliphatic rings. The van der Waals surface area contributed by atoms with Crippen molar-refractivity contribution in [2.24, 2.45) is 0 Å². The van der Waals surface area contributed by atoms with Gasteiger partial charge >= 0.3 is 0 Å². The van der Waals surface area contributed by atoms with Crippen LogP contribution in [0.25, 0.3) is 21.9 Å². The van der Waals surface area contributed by atoms with E-state index in [0.717, 1.165) is 32.2 Å². The molecule has 0 saturated heterocycles. The highest BCUT2D eigenvalue weighted by molar-refractivity contribution is 9.10. The van der Waals surface area contributed by atoms with Gasteiger partial charge in [-0.3, -0.25) is 4.79 Å². The second-order valence-electron chi connectivity index (χ2n) is 5.78. The van der Waals surface area contributed by atoms with E-state index in [0.29, 0.717) is 12.2 Å². The van der Waals surface area contributed by atoms with Crippen LogP contribution >= 0.6 is 15.9 Å². The first-order valence-electron chi connectivity index (χ1n) is 7.57. The molecule has 0 fully saturated rings. The van der Waals surface area contributed by atoms with Crippen LogP contribution in [0.4, 0.5) is 0 Å². The average Bonchev–Trinajstić information content (AvgIpc) is 3.16. The maximum absolute atomic E-state index is 12.7. The fraction of sp³-hybridized carbons (Fsp3) is 0.111. The molecule has 0 aliphatic heterocycles. The van der Waals surface area contributed by atoms with Crippen LogP contribution in [0, 0.1) is 0 Å². The van der Waals surface area contributed by atoms with Crippen LogP contribution in [0.1, 0.15) is 16.3 Å². The molecule has 0 radical (unpaired) electrons. The van der Waals surface area contributed by atoms with Gasteiger partial charge in [-0.25, -0.2) is 4.98 Å². The standard InChI is InChI=1S/C18H15BrN4O/c1-23(10-17-21-14-4-2-3-5-15(14)22-17)18(24)16-9-11-8-12(19)6-7-13(11)20-16/h2-9,20H,10H2,1H3,(H,21,22). The molecular weight excluding hydrogens is 368 g/mol. The van der Waals surface area contributed by atoms with Crippen LogP contribution in [0.5, 0.6) is 0 Å². The van der Waals surface area contributed by atoms with Crippen molar-refractivity contribution in [3.05, 3.63) is 64.5 Å². The summed E-state index contributed by atoms with van der Waals surface area (Å²) in [5, 5.41) is 1.00. The lowest BCUT2D eigenvalue weighted by Gasteiger charge is -2.14. The minimum Gasteiger partial charge on any atom is -0.351 e. The van der Waals surface area contributed by atoms with Crippen LogP contribution in [0.15, 0.2) is 53.0 Å². The molecule has 120 valence electrons. The number of carbonyl (C=O) groups is 1. The SMILES string of the molecule is CN(Cc1nc2ccccc2[nH]1)C(=O)c1cc2cc(Br)ccc2[nH]1. The zero-order valence-corrected chi connectivity index (χ0v) is 14.6. The first-order chi connectivity index (χ1) is 11.6. The molecular formula is C18H15BrN4O. The normalized spacial score (nSPS) is 11.2. The van der Waals surface area contributed by atoms with Crippen LogP contribution < -0.4 is 0 Å². The zero-order chi connectivity index (χ0) is 16.7. The van der Waals surface area contributed by atoms with E-state index in [1.54, 1.807) is 11.9 Å². The number of carbonyl (C=O) groups excluding carboxylic acids is 1. The molecule has 5 nitrogen and oxygen atoms in total. The Morgan fingerprint density at radius 1 is 1.12 bits per heavy atom. The summed E-state index contributed by atoms with van der Waals surface area (Å²) in [6.07, 6.45) is 0. The Morgan fingerprint density at radius 2 is 1.96 bits per heavy atom. The summed E-state index contributed by atoms with van der Waals surface area (Å²) in [7, 11) is 1.77. The van der Waals surface area contributed by atoms with Gasteiger partial charge in [0, 0.05) is 22.4 Å². The number of nitrogens with one attached hydrogen (secondary N) is 2. The van der Waals surface area contributed by atoms with Gasteiger partial charge in [0.2, 0.25) is 0 Å². The molecule has 0 aliphatic carbocycles. The maximum Gasteiger partial charge on any atom is 0.270 e. The number of hydrogen-bond donors (Lipinski definition) is 2. The molecule has 0 spiro atoms. The Bertz CT molecular complexity index is 1020. The Hall–Kier alpha value is -2.60. The number of para-hydroxylation sites is 2. The van der Waals surface area contributed by atoms with Gasteiger partial charge in [-0.2, -0.15) is 0 Å². The van der Waals surface area contributed by atoms with Gasteiger partial charge in [0.05, 0.1) is 17.6 Å². The van der Waals surface area contributed by atoms with E-state index in [9.17, 15) is 4.79 Å². The number of imidazole rings is 1. The summed E-state index contributed by atoms with van der Waals surface area (Å²) in [5.74, 6) is 0.702. The Kier molecular flexibility index (Phi) is 3.61. The third-order valence-corrected chi connectivity index (χ3v) is 4.48. The molecule has 0 saturated carbocycles. The molecule has 0 bridgehead atoms. The summed E-state index contributed by atoms with van der Waals surface area (Å²) >= 11 is 3.45. The molecule has 6 heteroatoms. The number of aromatic amines is 2. The van der Waals surface area contributed by atoms with Crippen molar-refractivity contribution in [2.45, 2.75) is 6.54 Å². The highest BCUT2D eigenvalue weighted by atomic mass is 79.9. The number of benzene rings is 2. The third kappa shape index (κ3) is 2.69. The van der Waals surface area contributed by atoms with Gasteiger partial charge < -0.3 is 14.9 Å². The first kappa shape index (κ1) is 15.0. The number of halogens is 1. The van der Waals surface area contributed by atoms with E-state index >= 15 is 0 Å². The summed E-state index contributed by atoms with van der Waals surface area (Å²) in [6, 6.07) is 15.6. The van der Waals surface area contributed by atoms with Gasteiger partial charge in [0.1, 0.15) is 11.5 Å². The number of amides is 1. The minimum absolute atomic E-state index is 0.0669. The van der Waals surface area contributed by atoms with Crippen molar-refractivity contribution in [3.8, 4) is 0 Å². The molecule has 4 rings (SSSR count). The lowest BCUT2D eigenvalue weighted by Crippen LogP contribution is -2.26. The molecule has 2 aromatic carbocycles. The minimum atomic E-state index is -0.0669. The highest BCUT2D eigenvalue weighted by Gasteiger charge is 2.16. The number of hydrogen-bond acceptors (Lipinski definition) is 2. The first-order valence-corrected chi connectivity index (χ1v) is 8.37. The largest absolute Gasteiger partial charge is 0.351 e. The number of rotatable bonds is 3. The van der Waals surface area contributed by atoms with E-state index in [1.807, 2.05) is 48.5 Å². The van der Waals surface area contributed by atoms with Crippen molar-refractivity contribution in [1.82, 2.24) is 19.9 Å². The molecule has 1 amide bonds. The van der Waals surface area contributed by atoms with Crippen molar-refractivity contribution in [2.75, 3.05) is 7.05 Å². The molecule has 2 N–H and O–H groups in total. The smallest absolute Gasteiger partial charge is 0.270 e. The van der Waals surface area contributed by atoms with Gasteiger partial charge in [0.25, 0.3) is 5.91 Å². The molecule has 0 atom stereocenters. The number of H-pyrrole nitrogens is 2. The molecule has 2 heterocycles. The van der Waals surface area contributed by atoms with Crippen molar-refractivity contribution in [3.63, 3.8) is 0 Å². The van der Waals surface area contributed by atoms with Crippen LogP contribution in [0.2, 0.25) is 0 Å². The Balaban J connectivity index is 1.58. The van der Waals surface area contributed by atoms with E-state index in [4.69, 9.17) is 0 Å². The maximum atomic E-state index is 12.7. The van der Waals surface area contributed by atoms with E-state index in [1.165, 1.54) is 0 Å². The number of aromatic nitrogens is 3. The summed E-state index contributed by atoms with van der Waals surface area (Å²) in [4.78, 5) is 25.2. The summed E-state index contributed by atoms with van der Waals surface area (Å²) in [5.41, 5.74) is 3.40. The van der Waals surface area contributed by atoms with Gasteiger partial charge in [-0.1, -0.05) is 28.1 Å². The van der Waals surface area contributed by atoms with Gasteiger partial charge in [-0.15, -0.1) is 0 Å². The summed E-state index contributed by atoms with van der Waals surface area (Å²) < 4.78 is 0.989. The number of fused-ring (bicyclic) bond motifs is 2.